The number of hydrogen-bond donors (Lipinski definition) is 0. The quantitative estimate of drug-likeness (QED) is 0.309. The van der Waals surface area contributed by atoms with Crippen molar-refractivity contribution in [3.05, 3.63) is 65.0 Å². The maximum atomic E-state index is 5.22. The maximum absolute atomic E-state index is 5.22. The van der Waals surface area contributed by atoms with E-state index in [4.69, 9.17) is 19.7 Å². The molecule has 0 saturated carbocycles. The normalized spacial score (nSPS) is 18.5. The molecule has 0 N–H and O–H groups in total. The molecule has 1 aromatic carbocycles. The fourth-order valence-electron chi connectivity index (χ4n) is 6.17. The first-order valence-corrected chi connectivity index (χ1v) is 14.8. The molecular formula is C31H41N9O. The van der Waals surface area contributed by atoms with Crippen LogP contribution in [0.25, 0.3) is 17.2 Å². The molecule has 0 amide bonds. The second kappa shape index (κ2) is 12.2. The highest BCUT2D eigenvalue weighted by Crippen LogP contribution is 2.28. The van der Waals surface area contributed by atoms with Crippen LogP contribution in [0.2, 0.25) is 0 Å². The number of fused-ring (bicyclic) bond motifs is 1. The van der Waals surface area contributed by atoms with Crippen molar-refractivity contribution in [1.82, 2.24) is 39.3 Å². The van der Waals surface area contributed by atoms with Gasteiger partial charge in [0.1, 0.15) is 5.82 Å². The van der Waals surface area contributed by atoms with Crippen LogP contribution in [0.3, 0.4) is 0 Å². The lowest BCUT2D eigenvalue weighted by atomic mass is 9.96. The molecule has 10 heteroatoms. The number of aryl methyl sites for hydroxylation is 3. The average Bonchev–Trinajstić information content (AvgIpc) is 3.61. The summed E-state index contributed by atoms with van der Waals surface area (Å²) in [6.07, 6.45) is 6.08. The molecule has 0 bridgehead atoms. The molecule has 216 valence electrons. The summed E-state index contributed by atoms with van der Waals surface area (Å²) in [5.74, 6) is 2.77. The molecule has 5 heterocycles. The molecule has 1 atom stereocenters. The average molecular weight is 556 g/mol. The van der Waals surface area contributed by atoms with Crippen LogP contribution in [0.1, 0.15) is 34.8 Å². The van der Waals surface area contributed by atoms with Crippen LogP contribution in [-0.2, 0) is 17.7 Å². The van der Waals surface area contributed by atoms with Gasteiger partial charge in [0, 0.05) is 76.4 Å². The topological polar surface area (TPSA) is 87.8 Å². The maximum Gasteiger partial charge on any atom is 0.252 e. The fourth-order valence-corrected chi connectivity index (χ4v) is 6.17. The minimum absolute atomic E-state index is 0.553. The number of nitrogens with zero attached hydrogens (tertiary/aromatic N) is 9. The zero-order chi connectivity index (χ0) is 28.3. The summed E-state index contributed by atoms with van der Waals surface area (Å²) >= 11 is 0. The van der Waals surface area contributed by atoms with E-state index < -0.39 is 0 Å². The van der Waals surface area contributed by atoms with Crippen LogP contribution in [-0.4, -0.2) is 98.9 Å². The van der Waals surface area contributed by atoms with E-state index in [9.17, 15) is 0 Å². The van der Waals surface area contributed by atoms with Gasteiger partial charge in [-0.25, -0.2) is 19.5 Å². The summed E-state index contributed by atoms with van der Waals surface area (Å²) in [4.78, 5) is 26.0. The molecule has 2 saturated heterocycles. The minimum Gasteiger partial charge on any atom is -0.383 e. The predicted octanol–water partition coefficient (Wildman–Crippen LogP) is 3.34. The van der Waals surface area contributed by atoms with E-state index in [0.717, 1.165) is 106 Å². The Bertz CT molecular complexity index is 1460. The van der Waals surface area contributed by atoms with Crippen LogP contribution < -0.4 is 4.90 Å². The van der Waals surface area contributed by atoms with Crippen molar-refractivity contribution in [2.75, 3.05) is 64.4 Å². The van der Waals surface area contributed by atoms with Gasteiger partial charge in [-0.05, 0) is 50.7 Å². The van der Waals surface area contributed by atoms with Crippen LogP contribution in [0.15, 0.2) is 36.7 Å². The van der Waals surface area contributed by atoms with E-state index in [2.05, 4.69) is 62.9 Å². The molecule has 2 aliphatic heterocycles. The van der Waals surface area contributed by atoms with Crippen molar-refractivity contribution < 1.29 is 4.74 Å². The Kier molecular flexibility index (Phi) is 8.23. The molecular weight excluding hydrogens is 514 g/mol. The molecule has 6 rings (SSSR count). The lowest BCUT2D eigenvalue weighted by Gasteiger charge is -2.34. The van der Waals surface area contributed by atoms with Crippen molar-refractivity contribution >= 4 is 11.5 Å². The Balaban J connectivity index is 1.03. The van der Waals surface area contributed by atoms with Crippen LogP contribution in [0, 0.1) is 26.7 Å². The van der Waals surface area contributed by atoms with E-state index in [1.807, 2.05) is 23.8 Å². The summed E-state index contributed by atoms with van der Waals surface area (Å²) in [6.45, 7) is 15.3. The summed E-state index contributed by atoms with van der Waals surface area (Å²) in [6, 6.07) is 8.73. The monoisotopic (exact) mass is 555 g/mol. The molecule has 0 radical (unpaired) electrons. The molecule has 0 aliphatic carbocycles. The van der Waals surface area contributed by atoms with Crippen LogP contribution >= 0.6 is 0 Å². The number of ether oxygens (including phenoxy) is 1. The molecule has 41 heavy (non-hydrogen) atoms. The van der Waals surface area contributed by atoms with E-state index in [1.165, 1.54) is 11.1 Å². The van der Waals surface area contributed by atoms with E-state index >= 15 is 0 Å². The zero-order valence-electron chi connectivity index (χ0n) is 24.8. The smallest absolute Gasteiger partial charge is 0.252 e. The molecule has 0 spiro atoms. The molecule has 10 nitrogen and oxygen atoms in total. The number of anilines is 1. The van der Waals surface area contributed by atoms with Gasteiger partial charge >= 0.3 is 0 Å². The van der Waals surface area contributed by atoms with Gasteiger partial charge in [0.2, 0.25) is 0 Å². The van der Waals surface area contributed by atoms with Crippen LogP contribution in [0.5, 0.6) is 0 Å². The molecule has 3 aromatic heterocycles. The Morgan fingerprint density at radius 3 is 2.37 bits per heavy atom. The highest BCUT2D eigenvalue weighted by Gasteiger charge is 2.26. The first-order chi connectivity index (χ1) is 20.0. The van der Waals surface area contributed by atoms with Gasteiger partial charge in [-0.15, -0.1) is 0 Å². The predicted molar refractivity (Wildman–Crippen MR) is 160 cm³/mol. The minimum atomic E-state index is 0.553. The van der Waals surface area contributed by atoms with Gasteiger partial charge < -0.3 is 9.64 Å². The molecule has 1 unspecified atom stereocenters. The van der Waals surface area contributed by atoms with Crippen molar-refractivity contribution in [3.8, 4) is 11.4 Å². The largest absolute Gasteiger partial charge is 0.383 e. The summed E-state index contributed by atoms with van der Waals surface area (Å²) in [5.41, 5.74) is 6.96. The molecule has 2 fully saturated rings. The second-order valence-corrected chi connectivity index (χ2v) is 11.5. The third-order valence-electron chi connectivity index (χ3n) is 8.63. The molecule has 2 aliphatic rings. The van der Waals surface area contributed by atoms with Crippen molar-refractivity contribution in [2.24, 2.45) is 5.92 Å². The second-order valence-electron chi connectivity index (χ2n) is 11.5. The number of benzene rings is 1. The van der Waals surface area contributed by atoms with Gasteiger partial charge in [0.25, 0.3) is 5.78 Å². The number of methoxy groups -OCH3 is 1. The Morgan fingerprint density at radius 1 is 0.902 bits per heavy atom. The van der Waals surface area contributed by atoms with Gasteiger partial charge in [-0.3, -0.25) is 9.80 Å². The third-order valence-corrected chi connectivity index (χ3v) is 8.63. The van der Waals surface area contributed by atoms with Crippen molar-refractivity contribution in [2.45, 2.75) is 40.2 Å². The Morgan fingerprint density at radius 2 is 1.63 bits per heavy atom. The van der Waals surface area contributed by atoms with Gasteiger partial charge in [-0.1, -0.05) is 24.3 Å². The standard InChI is InChI=1S/C31H41N9O/c1-22-29(23(2)40-31(34-22)35-24(3)36-40)17-26-9-10-39(21-26)28-18-32-30(33-19-28)27-7-5-25(6-8-27)20-38-13-11-37(12-14-38)15-16-41-4/h5-8,18-19,26H,9-17,20-21H2,1-4H3. The molecule has 4 aromatic rings. The highest BCUT2D eigenvalue weighted by molar-refractivity contribution is 5.57. The van der Waals surface area contributed by atoms with Gasteiger partial charge in [0.15, 0.2) is 5.82 Å². The van der Waals surface area contributed by atoms with E-state index in [1.54, 1.807) is 7.11 Å². The van der Waals surface area contributed by atoms with Crippen molar-refractivity contribution in [3.63, 3.8) is 0 Å². The number of aromatic nitrogens is 6. The van der Waals surface area contributed by atoms with Gasteiger partial charge in [0.05, 0.1) is 24.7 Å². The van der Waals surface area contributed by atoms with Gasteiger partial charge in [-0.2, -0.15) is 10.1 Å². The summed E-state index contributed by atoms with van der Waals surface area (Å²) < 4.78 is 7.10. The van der Waals surface area contributed by atoms with Crippen LogP contribution in [0.4, 0.5) is 5.69 Å². The number of piperazine rings is 1. The zero-order valence-corrected chi connectivity index (χ0v) is 24.8. The number of rotatable bonds is 9. The van der Waals surface area contributed by atoms with E-state index in [0.29, 0.717) is 11.7 Å². The SMILES string of the molecule is COCCN1CCN(Cc2ccc(-c3ncc(N4CCC(Cc5c(C)nc6nc(C)nn6c5C)C4)cn3)cc2)CC1. The first kappa shape index (κ1) is 27.7. The fraction of sp³-hybridized carbons (Fsp3) is 0.516. The lowest BCUT2D eigenvalue weighted by Crippen LogP contribution is -2.46. The van der Waals surface area contributed by atoms with Crippen molar-refractivity contribution in [1.29, 1.82) is 0 Å². The summed E-state index contributed by atoms with van der Waals surface area (Å²) in [7, 11) is 1.77. The number of hydrogen-bond acceptors (Lipinski definition) is 9. The summed E-state index contributed by atoms with van der Waals surface area (Å²) in [5, 5.41) is 4.54. The first-order valence-electron chi connectivity index (χ1n) is 14.8. The van der Waals surface area contributed by atoms with E-state index in [-0.39, 0.29) is 0 Å². The Labute approximate surface area is 242 Å². The lowest BCUT2D eigenvalue weighted by molar-refractivity contribution is 0.0938. The highest BCUT2D eigenvalue weighted by atomic mass is 16.5. The third kappa shape index (κ3) is 6.24. The Hall–Kier alpha value is -3.47.